The molecular formula is C16H20N2O3. The molecule has 21 heavy (non-hydrogen) atoms. The molecule has 112 valence electrons. The Kier molecular flexibility index (Phi) is 3.82. The molecule has 2 aliphatic rings. The molecule has 1 aliphatic carbocycles. The Labute approximate surface area is 124 Å². The fraction of sp³-hybridized carbons (Fsp3) is 0.500. The molecule has 1 fully saturated rings. The van der Waals surface area contributed by atoms with E-state index < -0.39 is 0 Å². The number of benzene rings is 1. The summed E-state index contributed by atoms with van der Waals surface area (Å²) in [5.41, 5.74) is 1.19. The van der Waals surface area contributed by atoms with Gasteiger partial charge in [-0.15, -0.1) is 0 Å². The van der Waals surface area contributed by atoms with Crippen LogP contribution in [-0.2, 0) is 4.79 Å². The van der Waals surface area contributed by atoms with Gasteiger partial charge in [-0.2, -0.15) is 0 Å². The minimum Gasteiger partial charge on any atom is -0.482 e. The number of hydrogen-bond acceptors (Lipinski definition) is 3. The van der Waals surface area contributed by atoms with Crippen LogP contribution in [0.1, 0.15) is 43.0 Å². The van der Waals surface area contributed by atoms with Gasteiger partial charge in [-0.05, 0) is 37.0 Å². The summed E-state index contributed by atoms with van der Waals surface area (Å²) >= 11 is 0. The lowest BCUT2D eigenvalue weighted by atomic mass is 9.86. The normalized spacial score (nSPS) is 24.5. The van der Waals surface area contributed by atoms with E-state index in [1.54, 1.807) is 18.2 Å². The zero-order chi connectivity index (χ0) is 14.8. The molecule has 3 rings (SSSR count). The molecule has 1 aliphatic heterocycles. The summed E-state index contributed by atoms with van der Waals surface area (Å²) in [6.45, 7) is 2.19. The van der Waals surface area contributed by atoms with E-state index in [1.165, 1.54) is 19.3 Å². The minimum absolute atomic E-state index is 0.00225. The molecule has 5 nitrogen and oxygen atoms in total. The highest BCUT2D eigenvalue weighted by atomic mass is 16.5. The third-order valence-corrected chi connectivity index (χ3v) is 4.30. The lowest BCUT2D eigenvalue weighted by molar-refractivity contribution is -0.118. The number of anilines is 1. The highest BCUT2D eigenvalue weighted by molar-refractivity contribution is 5.99. The van der Waals surface area contributed by atoms with Crippen molar-refractivity contribution in [1.29, 1.82) is 0 Å². The van der Waals surface area contributed by atoms with Crippen LogP contribution in [-0.4, -0.2) is 24.5 Å². The van der Waals surface area contributed by atoms with Gasteiger partial charge >= 0.3 is 0 Å². The smallest absolute Gasteiger partial charge is 0.262 e. The first kappa shape index (κ1) is 13.9. The predicted octanol–water partition coefficient (Wildman–Crippen LogP) is 2.33. The van der Waals surface area contributed by atoms with Crippen molar-refractivity contribution in [2.45, 2.75) is 38.6 Å². The number of hydrogen-bond donors (Lipinski definition) is 2. The molecule has 0 aromatic heterocycles. The Morgan fingerprint density at radius 3 is 2.95 bits per heavy atom. The standard InChI is InChI=1S/C16H20N2O3/c1-10-4-2-3-5-12(10)18-16(20)11-6-7-13-14(8-11)21-9-15(19)17-13/h6-8,10,12H,2-5,9H2,1H3,(H,17,19)(H,18,20)/t10-,12-/m1/s1. The van der Waals surface area contributed by atoms with Gasteiger partial charge in [0.1, 0.15) is 5.75 Å². The summed E-state index contributed by atoms with van der Waals surface area (Å²) in [6, 6.07) is 5.38. The Bertz CT molecular complexity index is 571. The molecule has 2 N–H and O–H groups in total. The zero-order valence-electron chi connectivity index (χ0n) is 12.1. The van der Waals surface area contributed by atoms with Gasteiger partial charge < -0.3 is 15.4 Å². The van der Waals surface area contributed by atoms with E-state index in [0.717, 1.165) is 6.42 Å². The van der Waals surface area contributed by atoms with E-state index in [2.05, 4.69) is 17.6 Å². The Balaban J connectivity index is 1.71. The molecule has 0 bridgehead atoms. The van der Waals surface area contributed by atoms with Crippen molar-refractivity contribution in [2.75, 3.05) is 11.9 Å². The second-order valence-electron chi connectivity index (χ2n) is 5.89. The average molecular weight is 288 g/mol. The Hall–Kier alpha value is -2.04. The molecule has 2 amide bonds. The quantitative estimate of drug-likeness (QED) is 0.877. The number of nitrogens with one attached hydrogen (secondary N) is 2. The molecule has 1 saturated carbocycles. The molecule has 5 heteroatoms. The van der Waals surface area contributed by atoms with Crippen LogP contribution in [0.3, 0.4) is 0 Å². The van der Waals surface area contributed by atoms with Crippen molar-refractivity contribution in [3.8, 4) is 5.75 Å². The summed E-state index contributed by atoms with van der Waals surface area (Å²) in [7, 11) is 0. The van der Waals surface area contributed by atoms with Crippen molar-refractivity contribution in [3.05, 3.63) is 23.8 Å². The van der Waals surface area contributed by atoms with Crippen LogP contribution < -0.4 is 15.4 Å². The first-order valence-electron chi connectivity index (χ1n) is 7.51. The van der Waals surface area contributed by atoms with E-state index in [9.17, 15) is 9.59 Å². The van der Waals surface area contributed by atoms with Crippen molar-refractivity contribution >= 4 is 17.5 Å². The molecule has 1 heterocycles. The van der Waals surface area contributed by atoms with Gasteiger partial charge in [0.15, 0.2) is 6.61 Å². The summed E-state index contributed by atoms with van der Waals surface area (Å²) < 4.78 is 5.35. The lowest BCUT2D eigenvalue weighted by Gasteiger charge is -2.29. The number of fused-ring (bicyclic) bond motifs is 1. The van der Waals surface area contributed by atoms with E-state index in [-0.39, 0.29) is 24.5 Å². The molecule has 1 aromatic rings. The summed E-state index contributed by atoms with van der Waals surface area (Å²) in [5.74, 6) is 0.836. The van der Waals surface area contributed by atoms with Crippen LogP contribution in [0, 0.1) is 5.92 Å². The molecule has 0 saturated heterocycles. The van der Waals surface area contributed by atoms with E-state index in [4.69, 9.17) is 4.74 Å². The van der Waals surface area contributed by atoms with Crippen LogP contribution >= 0.6 is 0 Å². The molecule has 2 atom stereocenters. The number of carbonyl (C=O) groups is 2. The fourth-order valence-corrected chi connectivity index (χ4v) is 3.00. The van der Waals surface area contributed by atoms with Crippen LogP contribution in [0.25, 0.3) is 0 Å². The van der Waals surface area contributed by atoms with Crippen LogP contribution in [0.4, 0.5) is 5.69 Å². The van der Waals surface area contributed by atoms with Gasteiger partial charge in [-0.25, -0.2) is 0 Å². The van der Waals surface area contributed by atoms with Crippen molar-refractivity contribution in [1.82, 2.24) is 5.32 Å². The molecule has 0 spiro atoms. The summed E-state index contributed by atoms with van der Waals surface area (Å²) in [6.07, 6.45) is 4.64. The number of ether oxygens (including phenoxy) is 1. The van der Waals surface area contributed by atoms with Gasteiger partial charge in [0, 0.05) is 11.6 Å². The predicted molar refractivity (Wildman–Crippen MR) is 79.5 cm³/mol. The topological polar surface area (TPSA) is 67.4 Å². The van der Waals surface area contributed by atoms with Crippen molar-refractivity contribution in [2.24, 2.45) is 5.92 Å². The second-order valence-corrected chi connectivity index (χ2v) is 5.89. The van der Waals surface area contributed by atoms with Gasteiger partial charge in [-0.3, -0.25) is 9.59 Å². The van der Waals surface area contributed by atoms with E-state index >= 15 is 0 Å². The molecular weight excluding hydrogens is 268 g/mol. The van der Waals surface area contributed by atoms with Gasteiger partial charge in [0.05, 0.1) is 5.69 Å². The number of rotatable bonds is 2. The molecule has 0 unspecified atom stereocenters. The molecule has 1 aromatic carbocycles. The number of amides is 2. The van der Waals surface area contributed by atoms with E-state index in [1.807, 2.05) is 0 Å². The first-order chi connectivity index (χ1) is 10.1. The largest absolute Gasteiger partial charge is 0.482 e. The van der Waals surface area contributed by atoms with Crippen LogP contribution in [0.2, 0.25) is 0 Å². The van der Waals surface area contributed by atoms with Crippen molar-refractivity contribution < 1.29 is 14.3 Å². The molecule has 0 radical (unpaired) electrons. The maximum atomic E-state index is 12.4. The summed E-state index contributed by atoms with van der Waals surface area (Å²) in [5, 5.41) is 5.84. The van der Waals surface area contributed by atoms with Crippen molar-refractivity contribution in [3.63, 3.8) is 0 Å². The zero-order valence-corrected chi connectivity index (χ0v) is 12.1. The first-order valence-corrected chi connectivity index (χ1v) is 7.51. The van der Waals surface area contributed by atoms with Gasteiger partial charge in [0.25, 0.3) is 11.8 Å². The maximum absolute atomic E-state index is 12.4. The van der Waals surface area contributed by atoms with Crippen LogP contribution in [0.15, 0.2) is 18.2 Å². The average Bonchev–Trinajstić information content (AvgIpc) is 2.49. The third-order valence-electron chi connectivity index (χ3n) is 4.30. The number of carbonyl (C=O) groups excluding carboxylic acids is 2. The lowest BCUT2D eigenvalue weighted by Crippen LogP contribution is -2.41. The maximum Gasteiger partial charge on any atom is 0.262 e. The van der Waals surface area contributed by atoms with Gasteiger partial charge in [-0.1, -0.05) is 19.8 Å². The van der Waals surface area contributed by atoms with Gasteiger partial charge in [0.2, 0.25) is 0 Å². The Morgan fingerprint density at radius 2 is 2.14 bits per heavy atom. The highest BCUT2D eigenvalue weighted by Gasteiger charge is 2.24. The monoisotopic (exact) mass is 288 g/mol. The third kappa shape index (κ3) is 3.01. The van der Waals surface area contributed by atoms with E-state index in [0.29, 0.717) is 22.9 Å². The Morgan fingerprint density at radius 1 is 1.33 bits per heavy atom. The highest BCUT2D eigenvalue weighted by Crippen LogP contribution is 2.29. The van der Waals surface area contributed by atoms with Crippen LogP contribution in [0.5, 0.6) is 5.75 Å². The summed E-state index contributed by atoms with van der Waals surface area (Å²) in [4.78, 5) is 23.6. The fourth-order valence-electron chi connectivity index (χ4n) is 3.00. The SMILES string of the molecule is C[C@@H]1CCCC[C@H]1NC(=O)c1ccc2c(c1)OCC(=O)N2. The minimum atomic E-state index is -0.171. The second kappa shape index (κ2) is 5.76.